The third kappa shape index (κ3) is 4.37. The fourth-order valence-electron chi connectivity index (χ4n) is 1.60. The van der Waals surface area contributed by atoms with E-state index in [9.17, 15) is 9.59 Å². The predicted molar refractivity (Wildman–Crippen MR) is 70.0 cm³/mol. The normalized spacial score (nSPS) is 10.1. The molecule has 0 aliphatic carbocycles. The maximum absolute atomic E-state index is 11.9. The van der Waals surface area contributed by atoms with E-state index in [0.29, 0.717) is 23.7 Å². The highest BCUT2D eigenvalue weighted by atomic mass is 16.5. The van der Waals surface area contributed by atoms with Crippen molar-refractivity contribution in [1.82, 2.24) is 0 Å². The number of methoxy groups -OCH3 is 3. The summed E-state index contributed by atoms with van der Waals surface area (Å²) in [6, 6.07) is 4.84. The number of benzene rings is 1. The highest BCUT2D eigenvalue weighted by Gasteiger charge is 2.14. The van der Waals surface area contributed by atoms with Gasteiger partial charge in [-0.3, -0.25) is 9.59 Å². The summed E-state index contributed by atoms with van der Waals surface area (Å²) in [5.41, 5.74) is 0.434. The first-order valence-electron chi connectivity index (χ1n) is 5.88. The van der Waals surface area contributed by atoms with Gasteiger partial charge in [-0.2, -0.15) is 0 Å². The first-order valence-corrected chi connectivity index (χ1v) is 5.88. The molecule has 0 radical (unpaired) electrons. The van der Waals surface area contributed by atoms with E-state index >= 15 is 0 Å². The highest BCUT2D eigenvalue weighted by molar-refractivity contribution is 6.08. The molecular formula is C14H18O5. The molecule has 1 rings (SSSR count). The quantitative estimate of drug-likeness (QED) is 0.531. The monoisotopic (exact) mass is 266 g/mol. The number of rotatable bonds is 8. The van der Waals surface area contributed by atoms with E-state index in [1.807, 2.05) is 0 Å². The minimum absolute atomic E-state index is 0.126. The zero-order valence-electron chi connectivity index (χ0n) is 11.4. The SMILES string of the molecule is COCCC(=O)CC(=O)c1ccc(OC)c(OC)c1. The molecule has 1 aromatic rings. The lowest BCUT2D eigenvalue weighted by atomic mass is 10.0. The molecule has 0 aliphatic rings. The van der Waals surface area contributed by atoms with Crippen LogP contribution in [0.2, 0.25) is 0 Å². The van der Waals surface area contributed by atoms with Gasteiger partial charge >= 0.3 is 0 Å². The van der Waals surface area contributed by atoms with Crippen molar-refractivity contribution >= 4 is 11.6 Å². The van der Waals surface area contributed by atoms with Crippen molar-refractivity contribution in [3.8, 4) is 11.5 Å². The van der Waals surface area contributed by atoms with Gasteiger partial charge in [-0.25, -0.2) is 0 Å². The molecule has 0 saturated carbocycles. The van der Waals surface area contributed by atoms with Gasteiger partial charge in [-0.1, -0.05) is 0 Å². The van der Waals surface area contributed by atoms with Crippen molar-refractivity contribution < 1.29 is 23.8 Å². The van der Waals surface area contributed by atoms with E-state index in [0.717, 1.165) is 0 Å². The van der Waals surface area contributed by atoms with Crippen LogP contribution >= 0.6 is 0 Å². The van der Waals surface area contributed by atoms with Gasteiger partial charge in [-0.15, -0.1) is 0 Å². The Morgan fingerprint density at radius 3 is 2.32 bits per heavy atom. The molecule has 5 nitrogen and oxygen atoms in total. The number of hydrogen-bond acceptors (Lipinski definition) is 5. The van der Waals surface area contributed by atoms with Crippen molar-refractivity contribution in [2.24, 2.45) is 0 Å². The second kappa shape index (κ2) is 7.53. The van der Waals surface area contributed by atoms with Crippen LogP contribution in [0, 0.1) is 0 Å². The van der Waals surface area contributed by atoms with Crippen LogP contribution in [0.15, 0.2) is 18.2 Å². The van der Waals surface area contributed by atoms with E-state index in [2.05, 4.69) is 0 Å². The Balaban J connectivity index is 2.74. The van der Waals surface area contributed by atoms with Crippen LogP contribution in [0.5, 0.6) is 11.5 Å². The van der Waals surface area contributed by atoms with Gasteiger partial charge in [0.05, 0.1) is 27.2 Å². The molecule has 0 bridgehead atoms. The Labute approximate surface area is 112 Å². The second-order valence-corrected chi connectivity index (χ2v) is 3.95. The van der Waals surface area contributed by atoms with Gasteiger partial charge in [0.25, 0.3) is 0 Å². The predicted octanol–water partition coefficient (Wildman–Crippen LogP) is 1.88. The van der Waals surface area contributed by atoms with Gasteiger partial charge in [0, 0.05) is 19.1 Å². The minimum Gasteiger partial charge on any atom is -0.493 e. The first-order chi connectivity index (χ1) is 9.12. The van der Waals surface area contributed by atoms with Gasteiger partial charge in [0.1, 0.15) is 5.78 Å². The van der Waals surface area contributed by atoms with Gasteiger partial charge in [0.2, 0.25) is 0 Å². The number of carbonyl (C=O) groups is 2. The minimum atomic E-state index is -0.234. The lowest BCUT2D eigenvalue weighted by Gasteiger charge is -2.08. The Morgan fingerprint density at radius 2 is 1.74 bits per heavy atom. The summed E-state index contributed by atoms with van der Waals surface area (Å²) in [4.78, 5) is 23.4. The summed E-state index contributed by atoms with van der Waals surface area (Å²) in [5, 5.41) is 0. The average molecular weight is 266 g/mol. The fourth-order valence-corrected chi connectivity index (χ4v) is 1.60. The summed E-state index contributed by atoms with van der Waals surface area (Å²) >= 11 is 0. The largest absolute Gasteiger partial charge is 0.493 e. The molecule has 1 aromatic carbocycles. The zero-order valence-corrected chi connectivity index (χ0v) is 11.4. The molecule has 0 saturated heterocycles. The summed E-state index contributed by atoms with van der Waals surface area (Å²) in [6.07, 6.45) is 0.119. The molecule has 0 N–H and O–H groups in total. The van der Waals surface area contributed by atoms with Crippen molar-refractivity contribution in [3.63, 3.8) is 0 Å². The molecule has 0 atom stereocenters. The summed E-state index contributed by atoms with van der Waals surface area (Å²) in [7, 11) is 4.53. The van der Waals surface area contributed by atoms with Crippen molar-refractivity contribution in [2.45, 2.75) is 12.8 Å². The Kier molecular flexibility index (Phi) is 6.02. The standard InChI is InChI=1S/C14H18O5/c1-17-7-6-11(15)9-12(16)10-4-5-13(18-2)14(8-10)19-3/h4-5,8H,6-7,9H2,1-3H3. The summed E-state index contributed by atoms with van der Waals surface area (Å²) in [6.45, 7) is 0.331. The number of Topliss-reactive ketones (excluding diaryl/α,β-unsaturated/α-hetero) is 2. The molecule has 5 heteroatoms. The number of ether oxygens (including phenoxy) is 3. The van der Waals surface area contributed by atoms with Crippen LogP contribution in [-0.2, 0) is 9.53 Å². The van der Waals surface area contributed by atoms with Crippen LogP contribution in [-0.4, -0.2) is 39.5 Å². The Hall–Kier alpha value is -1.88. The van der Waals surface area contributed by atoms with Gasteiger partial charge < -0.3 is 14.2 Å². The number of hydrogen-bond donors (Lipinski definition) is 0. The van der Waals surface area contributed by atoms with Crippen molar-refractivity contribution in [1.29, 1.82) is 0 Å². The van der Waals surface area contributed by atoms with Crippen LogP contribution in [0.3, 0.4) is 0 Å². The van der Waals surface area contributed by atoms with Crippen LogP contribution in [0.4, 0.5) is 0 Å². The molecule has 0 aromatic heterocycles. The van der Waals surface area contributed by atoms with E-state index in [1.165, 1.54) is 21.3 Å². The third-order valence-corrected chi connectivity index (χ3v) is 2.65. The molecular weight excluding hydrogens is 248 g/mol. The van der Waals surface area contributed by atoms with E-state index < -0.39 is 0 Å². The van der Waals surface area contributed by atoms with Crippen molar-refractivity contribution in [3.05, 3.63) is 23.8 Å². The molecule has 0 spiro atoms. The van der Waals surface area contributed by atoms with Crippen LogP contribution in [0.25, 0.3) is 0 Å². The molecule has 0 aliphatic heterocycles. The summed E-state index contributed by atoms with van der Waals surface area (Å²) in [5.74, 6) is 0.645. The van der Waals surface area contributed by atoms with Crippen molar-refractivity contribution in [2.75, 3.05) is 27.9 Å². The van der Waals surface area contributed by atoms with E-state index in [4.69, 9.17) is 14.2 Å². The van der Waals surface area contributed by atoms with Crippen LogP contribution in [0.1, 0.15) is 23.2 Å². The van der Waals surface area contributed by atoms with Crippen LogP contribution < -0.4 is 9.47 Å². The number of carbonyl (C=O) groups excluding carboxylic acids is 2. The first kappa shape index (κ1) is 15.2. The molecule has 104 valence electrons. The molecule has 0 heterocycles. The van der Waals surface area contributed by atoms with Gasteiger partial charge in [0.15, 0.2) is 17.3 Å². The topological polar surface area (TPSA) is 61.8 Å². The molecule has 19 heavy (non-hydrogen) atoms. The Morgan fingerprint density at radius 1 is 1.05 bits per heavy atom. The summed E-state index contributed by atoms with van der Waals surface area (Å²) < 4.78 is 15.0. The third-order valence-electron chi connectivity index (χ3n) is 2.65. The Bertz CT molecular complexity index is 453. The molecule has 0 fully saturated rings. The lowest BCUT2D eigenvalue weighted by molar-refractivity contribution is -0.119. The maximum atomic E-state index is 11.9. The fraction of sp³-hybridized carbons (Fsp3) is 0.429. The average Bonchev–Trinajstić information content (AvgIpc) is 2.44. The zero-order chi connectivity index (χ0) is 14.3. The van der Waals surface area contributed by atoms with E-state index in [-0.39, 0.29) is 24.4 Å². The van der Waals surface area contributed by atoms with E-state index in [1.54, 1.807) is 18.2 Å². The highest BCUT2D eigenvalue weighted by Crippen LogP contribution is 2.28. The maximum Gasteiger partial charge on any atom is 0.170 e. The van der Waals surface area contributed by atoms with Gasteiger partial charge in [-0.05, 0) is 18.2 Å². The molecule has 0 amide bonds. The second-order valence-electron chi connectivity index (χ2n) is 3.95. The lowest BCUT2D eigenvalue weighted by Crippen LogP contribution is -2.10. The number of ketones is 2. The molecule has 0 unspecified atom stereocenters. The smallest absolute Gasteiger partial charge is 0.170 e.